The largest absolute Gasteiger partial charge is 0.491 e. The monoisotopic (exact) mass is 365 g/mol. The van der Waals surface area contributed by atoms with E-state index in [2.05, 4.69) is 12.2 Å². The zero-order chi connectivity index (χ0) is 19.2. The number of hydrogen-bond donors (Lipinski definition) is 2. The minimum Gasteiger partial charge on any atom is -0.491 e. The lowest BCUT2D eigenvalue weighted by molar-refractivity contribution is 0.102. The number of nitrogens with one attached hydrogen (secondary N) is 1. The van der Waals surface area contributed by atoms with Gasteiger partial charge >= 0.3 is 0 Å². The van der Waals surface area contributed by atoms with Crippen LogP contribution in [0.15, 0.2) is 65.1 Å². The molecule has 2 N–H and O–H groups in total. The summed E-state index contributed by atoms with van der Waals surface area (Å²) >= 11 is 0. The van der Waals surface area contributed by atoms with Gasteiger partial charge in [-0.1, -0.05) is 19.1 Å². The van der Waals surface area contributed by atoms with Gasteiger partial charge in [-0.3, -0.25) is 4.79 Å². The first-order chi connectivity index (χ1) is 13.1. The Balaban J connectivity index is 1.69. The Kier molecular flexibility index (Phi) is 5.94. The number of aliphatic hydroxyl groups is 1. The Morgan fingerprint density at radius 2 is 1.93 bits per heavy atom. The van der Waals surface area contributed by atoms with Crippen LogP contribution in [-0.4, -0.2) is 17.1 Å². The fourth-order valence-electron chi connectivity index (χ4n) is 2.57. The Morgan fingerprint density at radius 3 is 2.59 bits per heavy atom. The molecular weight excluding hydrogens is 342 g/mol. The van der Waals surface area contributed by atoms with E-state index in [-0.39, 0.29) is 18.6 Å². The van der Waals surface area contributed by atoms with Gasteiger partial charge in [0, 0.05) is 16.8 Å². The summed E-state index contributed by atoms with van der Waals surface area (Å²) in [6.07, 6.45) is 1.06. The van der Waals surface area contributed by atoms with Crippen molar-refractivity contribution >= 4 is 11.6 Å². The third-order valence-electron chi connectivity index (χ3n) is 4.25. The number of benzene rings is 2. The fraction of sp³-hybridized carbons (Fsp3) is 0.227. The molecule has 1 atom stereocenters. The van der Waals surface area contributed by atoms with E-state index in [1.165, 1.54) is 0 Å². The van der Waals surface area contributed by atoms with Crippen molar-refractivity contribution in [1.82, 2.24) is 0 Å². The second-order valence-electron chi connectivity index (χ2n) is 6.32. The standard InChI is InChI=1S/C22H23NO4/c1-3-15(2)26-19-9-7-16(8-10-19)22(25)23-18-6-4-5-17(13-18)21-12-11-20(14-24)27-21/h4-13,15,24H,3,14H2,1-2H3,(H,23,25). The van der Waals surface area contributed by atoms with Crippen molar-refractivity contribution in [3.63, 3.8) is 0 Å². The summed E-state index contributed by atoms with van der Waals surface area (Å²) in [5, 5.41) is 12.0. The van der Waals surface area contributed by atoms with E-state index in [9.17, 15) is 4.79 Å². The lowest BCUT2D eigenvalue weighted by atomic mass is 10.1. The molecule has 0 aliphatic rings. The van der Waals surface area contributed by atoms with E-state index in [4.69, 9.17) is 14.3 Å². The molecule has 0 saturated carbocycles. The third-order valence-corrected chi connectivity index (χ3v) is 4.25. The molecule has 0 aliphatic carbocycles. The third kappa shape index (κ3) is 4.77. The van der Waals surface area contributed by atoms with Crippen LogP contribution in [0.3, 0.4) is 0 Å². The smallest absolute Gasteiger partial charge is 0.255 e. The Morgan fingerprint density at radius 1 is 1.15 bits per heavy atom. The van der Waals surface area contributed by atoms with Crippen LogP contribution in [0.2, 0.25) is 0 Å². The van der Waals surface area contributed by atoms with E-state index in [0.717, 1.165) is 17.7 Å². The maximum Gasteiger partial charge on any atom is 0.255 e. The van der Waals surface area contributed by atoms with E-state index >= 15 is 0 Å². The highest BCUT2D eigenvalue weighted by Gasteiger charge is 2.09. The zero-order valence-electron chi connectivity index (χ0n) is 15.4. The number of carbonyl (C=O) groups excluding carboxylic acids is 1. The highest BCUT2D eigenvalue weighted by Crippen LogP contribution is 2.25. The molecule has 5 nitrogen and oxygen atoms in total. The van der Waals surface area contributed by atoms with Crippen LogP contribution in [0.1, 0.15) is 36.4 Å². The molecule has 0 fully saturated rings. The van der Waals surface area contributed by atoms with Crippen LogP contribution in [0, 0.1) is 0 Å². The molecule has 5 heteroatoms. The van der Waals surface area contributed by atoms with Gasteiger partial charge in [0.1, 0.15) is 23.9 Å². The molecule has 27 heavy (non-hydrogen) atoms. The van der Waals surface area contributed by atoms with Crippen LogP contribution in [0.25, 0.3) is 11.3 Å². The number of amides is 1. The molecule has 1 heterocycles. The normalized spacial score (nSPS) is 11.8. The average Bonchev–Trinajstić information content (AvgIpc) is 3.18. The minimum absolute atomic E-state index is 0.139. The molecule has 0 spiro atoms. The van der Waals surface area contributed by atoms with Crippen LogP contribution >= 0.6 is 0 Å². The Bertz CT molecular complexity index is 899. The Labute approximate surface area is 158 Å². The Hall–Kier alpha value is -3.05. The molecule has 3 aromatic rings. The van der Waals surface area contributed by atoms with Crippen LogP contribution in [0.5, 0.6) is 5.75 Å². The molecule has 1 aromatic heterocycles. The average molecular weight is 365 g/mol. The van der Waals surface area contributed by atoms with Crippen molar-refractivity contribution in [3.05, 3.63) is 72.0 Å². The van der Waals surface area contributed by atoms with E-state index in [1.807, 2.05) is 31.2 Å². The molecular formula is C22H23NO4. The summed E-state index contributed by atoms with van der Waals surface area (Å²) in [6, 6.07) is 18.0. The van der Waals surface area contributed by atoms with Gasteiger partial charge in [-0.15, -0.1) is 0 Å². The highest BCUT2D eigenvalue weighted by atomic mass is 16.5. The maximum absolute atomic E-state index is 12.5. The quantitative estimate of drug-likeness (QED) is 0.627. The van der Waals surface area contributed by atoms with Gasteiger partial charge in [-0.05, 0) is 61.9 Å². The number of carbonyl (C=O) groups is 1. The van der Waals surface area contributed by atoms with Crippen molar-refractivity contribution in [2.24, 2.45) is 0 Å². The van der Waals surface area contributed by atoms with Gasteiger partial charge in [0.15, 0.2) is 0 Å². The van der Waals surface area contributed by atoms with E-state index in [1.54, 1.807) is 36.4 Å². The van der Waals surface area contributed by atoms with Crippen LogP contribution in [-0.2, 0) is 6.61 Å². The van der Waals surface area contributed by atoms with Crippen LogP contribution < -0.4 is 10.1 Å². The number of ether oxygens (including phenoxy) is 1. The lowest BCUT2D eigenvalue weighted by Gasteiger charge is -2.13. The van der Waals surface area contributed by atoms with E-state index in [0.29, 0.717) is 22.8 Å². The molecule has 140 valence electrons. The lowest BCUT2D eigenvalue weighted by Crippen LogP contribution is -2.12. The predicted octanol–water partition coefficient (Wildman–Crippen LogP) is 4.87. The van der Waals surface area contributed by atoms with E-state index < -0.39 is 0 Å². The summed E-state index contributed by atoms with van der Waals surface area (Å²) in [5.74, 6) is 1.69. The molecule has 0 radical (unpaired) electrons. The SMILES string of the molecule is CCC(C)Oc1ccc(C(=O)Nc2cccc(-c3ccc(CO)o3)c2)cc1. The number of rotatable bonds is 7. The molecule has 3 rings (SSSR count). The highest BCUT2D eigenvalue weighted by molar-refractivity contribution is 6.04. The van der Waals surface area contributed by atoms with Gasteiger partial charge in [0.25, 0.3) is 5.91 Å². The summed E-state index contributed by atoms with van der Waals surface area (Å²) in [7, 11) is 0. The van der Waals surface area contributed by atoms with Gasteiger partial charge in [-0.2, -0.15) is 0 Å². The van der Waals surface area contributed by atoms with Crippen molar-refractivity contribution in [2.45, 2.75) is 33.0 Å². The number of aliphatic hydroxyl groups excluding tert-OH is 1. The predicted molar refractivity (Wildman–Crippen MR) is 105 cm³/mol. The van der Waals surface area contributed by atoms with Crippen molar-refractivity contribution in [1.29, 1.82) is 0 Å². The minimum atomic E-state index is -0.197. The van der Waals surface area contributed by atoms with Gasteiger partial charge in [-0.25, -0.2) is 0 Å². The molecule has 2 aromatic carbocycles. The second kappa shape index (κ2) is 8.56. The summed E-state index contributed by atoms with van der Waals surface area (Å²) < 4.78 is 11.3. The zero-order valence-corrected chi connectivity index (χ0v) is 15.4. The molecule has 1 unspecified atom stereocenters. The number of furan rings is 1. The van der Waals surface area contributed by atoms with Crippen molar-refractivity contribution < 1.29 is 19.1 Å². The summed E-state index contributed by atoms with van der Waals surface area (Å²) in [6.45, 7) is 3.93. The molecule has 0 saturated heterocycles. The maximum atomic E-state index is 12.5. The second-order valence-corrected chi connectivity index (χ2v) is 6.32. The first-order valence-corrected chi connectivity index (χ1v) is 8.97. The first kappa shape index (κ1) is 18.7. The number of anilines is 1. The summed E-state index contributed by atoms with van der Waals surface area (Å²) in [5.41, 5.74) is 2.04. The van der Waals surface area contributed by atoms with Gasteiger partial charge in [0.2, 0.25) is 0 Å². The summed E-state index contributed by atoms with van der Waals surface area (Å²) in [4.78, 5) is 12.5. The first-order valence-electron chi connectivity index (χ1n) is 8.97. The fourth-order valence-corrected chi connectivity index (χ4v) is 2.57. The van der Waals surface area contributed by atoms with Gasteiger partial charge in [0.05, 0.1) is 6.10 Å². The molecule has 1 amide bonds. The van der Waals surface area contributed by atoms with Crippen molar-refractivity contribution in [2.75, 3.05) is 5.32 Å². The van der Waals surface area contributed by atoms with Crippen LogP contribution in [0.4, 0.5) is 5.69 Å². The molecule has 0 aliphatic heterocycles. The molecule has 0 bridgehead atoms. The topological polar surface area (TPSA) is 71.7 Å². The van der Waals surface area contributed by atoms with Crippen molar-refractivity contribution in [3.8, 4) is 17.1 Å². The number of hydrogen-bond acceptors (Lipinski definition) is 4. The van der Waals surface area contributed by atoms with Gasteiger partial charge < -0.3 is 19.6 Å².